The van der Waals surface area contributed by atoms with Crippen LogP contribution >= 0.6 is 0 Å². The average Bonchev–Trinajstić information content (AvgIpc) is 3.20. The summed E-state index contributed by atoms with van der Waals surface area (Å²) in [6, 6.07) is 3.75. The standard InChI is InChI=1S/C18H22N6O/c1-11-9-19-21-17(11)14-5-4-6-23(10-14)18(25)15-8-16-20-12(2)7-13(3)24(16)22-15/h7-9,14H,4-6,10H2,1-3H3,(H,19,21). The Morgan fingerprint density at radius 3 is 2.88 bits per heavy atom. The molecule has 1 amide bonds. The molecule has 1 aliphatic rings. The number of rotatable bonds is 2. The first kappa shape index (κ1) is 15.8. The highest BCUT2D eigenvalue weighted by molar-refractivity contribution is 5.93. The Hall–Kier alpha value is -2.70. The monoisotopic (exact) mass is 338 g/mol. The van der Waals surface area contributed by atoms with Gasteiger partial charge in [0.1, 0.15) is 0 Å². The van der Waals surface area contributed by atoms with Crippen molar-refractivity contribution >= 4 is 11.6 Å². The van der Waals surface area contributed by atoms with Crippen molar-refractivity contribution < 1.29 is 4.79 Å². The number of hydrogen-bond acceptors (Lipinski definition) is 4. The quantitative estimate of drug-likeness (QED) is 0.778. The minimum absolute atomic E-state index is 0.0237. The molecule has 1 saturated heterocycles. The second-order valence-electron chi connectivity index (χ2n) is 6.90. The van der Waals surface area contributed by atoms with Gasteiger partial charge in [-0.2, -0.15) is 10.2 Å². The molecule has 0 aliphatic carbocycles. The summed E-state index contributed by atoms with van der Waals surface area (Å²) in [6.45, 7) is 7.44. The zero-order valence-electron chi connectivity index (χ0n) is 14.8. The Morgan fingerprint density at radius 2 is 2.12 bits per heavy atom. The van der Waals surface area contributed by atoms with Crippen LogP contribution in [0.1, 0.15) is 51.9 Å². The van der Waals surface area contributed by atoms with Crippen LogP contribution in [-0.2, 0) is 0 Å². The van der Waals surface area contributed by atoms with E-state index < -0.39 is 0 Å². The number of H-pyrrole nitrogens is 1. The number of carbonyl (C=O) groups excluding carboxylic acids is 1. The van der Waals surface area contributed by atoms with E-state index in [-0.39, 0.29) is 5.91 Å². The molecule has 3 aromatic rings. The van der Waals surface area contributed by atoms with Crippen LogP contribution in [0.5, 0.6) is 0 Å². The van der Waals surface area contributed by atoms with Crippen LogP contribution in [-0.4, -0.2) is 48.7 Å². The lowest BCUT2D eigenvalue weighted by Crippen LogP contribution is -2.39. The first-order chi connectivity index (χ1) is 12.0. The van der Waals surface area contributed by atoms with Crippen LogP contribution in [0.4, 0.5) is 0 Å². The van der Waals surface area contributed by atoms with Crippen molar-refractivity contribution in [2.75, 3.05) is 13.1 Å². The number of aromatic amines is 1. The summed E-state index contributed by atoms with van der Waals surface area (Å²) in [7, 11) is 0. The second-order valence-corrected chi connectivity index (χ2v) is 6.90. The summed E-state index contributed by atoms with van der Waals surface area (Å²) in [6.07, 6.45) is 3.89. The molecule has 1 atom stereocenters. The zero-order valence-corrected chi connectivity index (χ0v) is 14.8. The van der Waals surface area contributed by atoms with E-state index in [9.17, 15) is 4.79 Å². The Kier molecular flexibility index (Phi) is 3.78. The van der Waals surface area contributed by atoms with Gasteiger partial charge in [-0.15, -0.1) is 0 Å². The molecule has 0 aromatic carbocycles. The van der Waals surface area contributed by atoms with Crippen LogP contribution in [0.3, 0.4) is 0 Å². The van der Waals surface area contributed by atoms with E-state index >= 15 is 0 Å². The average molecular weight is 338 g/mol. The summed E-state index contributed by atoms with van der Waals surface area (Å²) in [5.41, 5.74) is 5.38. The number of aryl methyl sites for hydroxylation is 3. The third kappa shape index (κ3) is 2.79. The lowest BCUT2D eigenvalue weighted by atomic mass is 9.93. The maximum Gasteiger partial charge on any atom is 0.274 e. The van der Waals surface area contributed by atoms with Crippen molar-refractivity contribution in [2.24, 2.45) is 0 Å². The van der Waals surface area contributed by atoms with Gasteiger partial charge in [0.05, 0.1) is 6.20 Å². The van der Waals surface area contributed by atoms with Crippen molar-refractivity contribution in [1.29, 1.82) is 0 Å². The van der Waals surface area contributed by atoms with Gasteiger partial charge < -0.3 is 4.90 Å². The number of carbonyl (C=O) groups is 1. The molecule has 25 heavy (non-hydrogen) atoms. The maximum atomic E-state index is 13.0. The largest absolute Gasteiger partial charge is 0.337 e. The number of nitrogens with one attached hydrogen (secondary N) is 1. The van der Waals surface area contributed by atoms with E-state index in [1.165, 1.54) is 0 Å². The molecule has 0 saturated carbocycles. The molecule has 1 aliphatic heterocycles. The predicted molar refractivity (Wildman–Crippen MR) is 93.7 cm³/mol. The lowest BCUT2D eigenvalue weighted by molar-refractivity contribution is 0.0699. The van der Waals surface area contributed by atoms with Crippen LogP contribution in [0.2, 0.25) is 0 Å². The highest BCUT2D eigenvalue weighted by Gasteiger charge is 2.28. The molecule has 0 spiro atoms. The minimum Gasteiger partial charge on any atom is -0.337 e. The number of amides is 1. The number of fused-ring (bicyclic) bond motifs is 1. The molecule has 0 radical (unpaired) electrons. The first-order valence-corrected chi connectivity index (χ1v) is 8.66. The highest BCUT2D eigenvalue weighted by atomic mass is 16.2. The van der Waals surface area contributed by atoms with Crippen LogP contribution in [0, 0.1) is 20.8 Å². The van der Waals surface area contributed by atoms with Gasteiger partial charge >= 0.3 is 0 Å². The van der Waals surface area contributed by atoms with Crippen molar-refractivity contribution in [2.45, 2.75) is 39.5 Å². The Balaban J connectivity index is 1.60. The van der Waals surface area contributed by atoms with Crippen molar-refractivity contribution in [3.05, 3.63) is 46.7 Å². The van der Waals surface area contributed by atoms with Crippen molar-refractivity contribution in [1.82, 2.24) is 29.7 Å². The number of piperidine rings is 1. The molecule has 3 aromatic heterocycles. The Labute approximate surface area is 146 Å². The van der Waals surface area contributed by atoms with E-state index in [2.05, 4.69) is 27.2 Å². The number of hydrogen-bond donors (Lipinski definition) is 1. The summed E-state index contributed by atoms with van der Waals surface area (Å²) in [5, 5.41) is 11.7. The van der Waals surface area contributed by atoms with Gasteiger partial charge in [-0.3, -0.25) is 9.89 Å². The molecule has 7 nitrogen and oxygen atoms in total. The van der Waals surface area contributed by atoms with E-state index in [1.54, 1.807) is 10.6 Å². The first-order valence-electron chi connectivity index (χ1n) is 8.66. The lowest BCUT2D eigenvalue weighted by Gasteiger charge is -2.32. The summed E-state index contributed by atoms with van der Waals surface area (Å²) >= 11 is 0. The Morgan fingerprint density at radius 1 is 1.28 bits per heavy atom. The molecule has 7 heteroatoms. The van der Waals surface area contributed by atoms with Gasteiger partial charge in [0.2, 0.25) is 0 Å². The van der Waals surface area contributed by atoms with Crippen LogP contribution < -0.4 is 0 Å². The van der Waals surface area contributed by atoms with Crippen LogP contribution in [0.15, 0.2) is 18.3 Å². The van der Waals surface area contributed by atoms with Gasteiger partial charge in [0.25, 0.3) is 5.91 Å². The summed E-state index contributed by atoms with van der Waals surface area (Å²) < 4.78 is 1.74. The number of likely N-dealkylation sites (tertiary alicyclic amines) is 1. The molecule has 0 bridgehead atoms. The summed E-state index contributed by atoms with van der Waals surface area (Å²) in [4.78, 5) is 19.3. The fourth-order valence-corrected chi connectivity index (χ4v) is 3.72. The molecule has 1 fully saturated rings. The van der Waals surface area contributed by atoms with Crippen molar-refractivity contribution in [3.63, 3.8) is 0 Å². The molecular weight excluding hydrogens is 316 g/mol. The Bertz CT molecular complexity index is 940. The molecular formula is C18H22N6O. The topological polar surface area (TPSA) is 79.2 Å². The van der Waals surface area contributed by atoms with E-state index in [0.29, 0.717) is 18.2 Å². The normalized spacial score (nSPS) is 18.0. The van der Waals surface area contributed by atoms with Gasteiger partial charge in [0.15, 0.2) is 11.3 Å². The molecule has 4 rings (SSSR count). The summed E-state index contributed by atoms with van der Waals surface area (Å²) in [5.74, 6) is 0.281. The molecule has 1 N–H and O–H groups in total. The van der Waals surface area contributed by atoms with Gasteiger partial charge in [-0.05, 0) is 45.2 Å². The number of nitrogens with zero attached hydrogens (tertiary/aromatic N) is 5. The van der Waals surface area contributed by atoms with Gasteiger partial charge in [-0.1, -0.05) is 0 Å². The fourth-order valence-electron chi connectivity index (χ4n) is 3.72. The van der Waals surface area contributed by atoms with E-state index in [4.69, 9.17) is 0 Å². The fraction of sp³-hybridized carbons (Fsp3) is 0.444. The molecule has 130 valence electrons. The molecule has 1 unspecified atom stereocenters. The molecule has 4 heterocycles. The van der Waals surface area contributed by atoms with Gasteiger partial charge in [-0.25, -0.2) is 9.50 Å². The minimum atomic E-state index is -0.0237. The van der Waals surface area contributed by atoms with Gasteiger partial charge in [0, 0.05) is 42.2 Å². The van der Waals surface area contributed by atoms with Crippen molar-refractivity contribution in [3.8, 4) is 0 Å². The smallest absolute Gasteiger partial charge is 0.274 e. The van der Waals surface area contributed by atoms with Crippen LogP contribution in [0.25, 0.3) is 5.65 Å². The second kappa shape index (κ2) is 5.98. The zero-order chi connectivity index (χ0) is 17.6. The highest BCUT2D eigenvalue weighted by Crippen LogP contribution is 2.28. The third-order valence-corrected chi connectivity index (χ3v) is 4.94. The van der Waals surface area contributed by atoms with E-state index in [0.717, 1.165) is 47.7 Å². The number of aromatic nitrogens is 5. The third-order valence-electron chi connectivity index (χ3n) is 4.94. The predicted octanol–water partition coefficient (Wildman–Crippen LogP) is 2.40. The van der Waals surface area contributed by atoms with E-state index in [1.807, 2.05) is 31.0 Å². The maximum absolute atomic E-state index is 13.0. The SMILES string of the molecule is Cc1cc(C)n2nc(C(=O)N3CCCC(c4[nH]ncc4C)C3)cc2n1.